The molecule has 3 aromatic rings. The van der Waals surface area contributed by atoms with Crippen LogP contribution in [0.15, 0.2) is 48.5 Å². The maximum Gasteiger partial charge on any atom is 0.163 e. The van der Waals surface area contributed by atoms with Crippen molar-refractivity contribution in [1.82, 2.24) is 9.55 Å². The number of fused-ring (bicyclic) bond motifs is 1. The number of Topliss-reactive ketones (excluding diaryl/α,β-unsaturated/α-hetero) is 1. The number of nitriles is 1. The van der Waals surface area contributed by atoms with E-state index in [1.165, 1.54) is 6.07 Å². The second-order valence-corrected chi connectivity index (χ2v) is 6.45. The summed E-state index contributed by atoms with van der Waals surface area (Å²) in [5, 5.41) is 9.59. The number of hydrogen-bond donors (Lipinski definition) is 0. The molecule has 1 aliphatic carbocycles. The zero-order chi connectivity index (χ0) is 17.6. The number of aryl methyl sites for hydroxylation is 1. The van der Waals surface area contributed by atoms with Crippen molar-refractivity contribution in [2.75, 3.05) is 0 Å². The Morgan fingerprint density at radius 3 is 2.72 bits per heavy atom. The molecule has 1 aromatic heterocycles. The van der Waals surface area contributed by atoms with E-state index >= 15 is 0 Å². The molecule has 1 fully saturated rings. The molecule has 5 heteroatoms. The lowest BCUT2D eigenvalue weighted by Gasteiger charge is -2.09. The highest BCUT2D eigenvalue weighted by Crippen LogP contribution is 2.50. The van der Waals surface area contributed by atoms with Crippen molar-refractivity contribution in [3.63, 3.8) is 0 Å². The van der Waals surface area contributed by atoms with Crippen molar-refractivity contribution < 1.29 is 9.18 Å². The molecule has 0 radical (unpaired) electrons. The predicted molar refractivity (Wildman–Crippen MR) is 91.3 cm³/mol. The summed E-state index contributed by atoms with van der Waals surface area (Å²) in [6.45, 7) is 0. The summed E-state index contributed by atoms with van der Waals surface area (Å²) in [6, 6.07) is 16.2. The normalized spacial score (nSPS) is 20.2. The van der Waals surface area contributed by atoms with Crippen LogP contribution in [0.5, 0.6) is 0 Å². The van der Waals surface area contributed by atoms with Crippen LogP contribution in [0.25, 0.3) is 11.0 Å². The summed E-state index contributed by atoms with van der Waals surface area (Å²) in [5.74, 6) is -1.40. The highest BCUT2D eigenvalue weighted by atomic mass is 19.1. The van der Waals surface area contributed by atoms with Crippen molar-refractivity contribution in [2.24, 2.45) is 13.0 Å². The molecule has 0 bridgehead atoms. The fourth-order valence-corrected chi connectivity index (χ4v) is 3.51. The van der Waals surface area contributed by atoms with Gasteiger partial charge in [0.1, 0.15) is 11.6 Å². The fourth-order valence-electron chi connectivity index (χ4n) is 3.51. The van der Waals surface area contributed by atoms with E-state index in [9.17, 15) is 14.4 Å². The van der Waals surface area contributed by atoms with Gasteiger partial charge in [0.05, 0.1) is 17.1 Å². The minimum Gasteiger partial charge on any atom is -0.330 e. The molecule has 1 heterocycles. The van der Waals surface area contributed by atoms with Crippen molar-refractivity contribution >= 4 is 16.8 Å². The number of carbonyl (C=O) groups excluding carboxylic acids is 1. The lowest BCUT2D eigenvalue weighted by atomic mass is 9.98. The van der Waals surface area contributed by atoms with E-state index in [1.807, 2.05) is 31.3 Å². The predicted octanol–water partition coefficient (Wildman–Crippen LogP) is 3.69. The van der Waals surface area contributed by atoms with Crippen LogP contribution in [0.4, 0.5) is 4.39 Å². The molecule has 2 aromatic carbocycles. The number of hydrogen-bond acceptors (Lipinski definition) is 3. The average molecular weight is 333 g/mol. The Balaban J connectivity index is 1.64. The monoisotopic (exact) mass is 333 g/mol. The molecule has 0 N–H and O–H groups in total. The van der Waals surface area contributed by atoms with Gasteiger partial charge in [0.25, 0.3) is 0 Å². The maximum absolute atomic E-state index is 13.9. The van der Waals surface area contributed by atoms with Crippen LogP contribution in [-0.2, 0) is 11.8 Å². The van der Waals surface area contributed by atoms with Gasteiger partial charge in [-0.25, -0.2) is 9.37 Å². The third-order valence-electron chi connectivity index (χ3n) is 4.95. The number of carbonyl (C=O) groups is 1. The molecular weight excluding hydrogens is 317 g/mol. The van der Waals surface area contributed by atoms with E-state index in [0.717, 1.165) is 11.0 Å². The van der Waals surface area contributed by atoms with E-state index in [0.29, 0.717) is 17.8 Å². The molecule has 0 saturated heterocycles. The Morgan fingerprint density at radius 1 is 1.28 bits per heavy atom. The minimum absolute atomic E-state index is 0.140. The molecule has 0 spiro atoms. The number of rotatable bonds is 4. The van der Waals surface area contributed by atoms with Crippen LogP contribution in [0, 0.1) is 23.1 Å². The highest BCUT2D eigenvalue weighted by molar-refractivity contribution is 5.93. The van der Waals surface area contributed by atoms with Gasteiger partial charge < -0.3 is 4.57 Å². The smallest absolute Gasteiger partial charge is 0.163 e. The molecule has 1 aliphatic rings. The molecule has 3 atom stereocenters. The molecule has 3 unspecified atom stereocenters. The first-order valence-electron chi connectivity index (χ1n) is 8.21. The third-order valence-corrected chi connectivity index (χ3v) is 4.95. The van der Waals surface area contributed by atoms with Crippen LogP contribution < -0.4 is 0 Å². The second kappa shape index (κ2) is 5.82. The number of para-hydroxylation sites is 2. The summed E-state index contributed by atoms with van der Waals surface area (Å²) in [6.07, 6.45) is 0.585. The molecule has 25 heavy (non-hydrogen) atoms. The first kappa shape index (κ1) is 15.5. The molecule has 4 nitrogen and oxygen atoms in total. The number of ketones is 1. The van der Waals surface area contributed by atoms with Crippen molar-refractivity contribution in [3.05, 3.63) is 65.7 Å². The van der Waals surface area contributed by atoms with Crippen LogP contribution >= 0.6 is 0 Å². The first-order valence-corrected chi connectivity index (χ1v) is 8.21. The summed E-state index contributed by atoms with van der Waals surface area (Å²) >= 11 is 0. The fraction of sp³-hybridized carbons (Fsp3) is 0.250. The maximum atomic E-state index is 13.9. The first-order chi connectivity index (χ1) is 12.1. The lowest BCUT2D eigenvalue weighted by Crippen LogP contribution is -2.17. The summed E-state index contributed by atoms with van der Waals surface area (Å²) in [4.78, 5) is 17.3. The molecule has 124 valence electrons. The van der Waals surface area contributed by atoms with Gasteiger partial charge in [-0.3, -0.25) is 4.79 Å². The van der Waals surface area contributed by atoms with E-state index in [2.05, 4.69) is 11.1 Å². The van der Waals surface area contributed by atoms with Crippen molar-refractivity contribution in [2.45, 2.75) is 18.3 Å². The number of imidazole rings is 1. The Labute approximate surface area is 144 Å². The Morgan fingerprint density at radius 2 is 2.00 bits per heavy atom. The SMILES string of the molecule is Cn1c(C(C#N)C(=O)C2CC2c2ccccc2F)nc2ccccc21. The van der Waals surface area contributed by atoms with Gasteiger partial charge in [-0.1, -0.05) is 30.3 Å². The molecule has 1 saturated carbocycles. The largest absolute Gasteiger partial charge is 0.330 e. The van der Waals surface area contributed by atoms with E-state index in [4.69, 9.17) is 0 Å². The van der Waals surface area contributed by atoms with Gasteiger partial charge in [-0.2, -0.15) is 5.26 Å². The van der Waals surface area contributed by atoms with Gasteiger partial charge in [0.2, 0.25) is 0 Å². The minimum atomic E-state index is -0.931. The van der Waals surface area contributed by atoms with E-state index < -0.39 is 5.92 Å². The quantitative estimate of drug-likeness (QED) is 0.731. The van der Waals surface area contributed by atoms with Crippen molar-refractivity contribution in [3.8, 4) is 6.07 Å². The van der Waals surface area contributed by atoms with Crippen LogP contribution in [0.1, 0.15) is 29.6 Å². The number of halogens is 1. The van der Waals surface area contributed by atoms with E-state index in [1.54, 1.807) is 22.8 Å². The number of aromatic nitrogens is 2. The summed E-state index contributed by atoms with van der Waals surface area (Å²) < 4.78 is 15.7. The molecular formula is C20H16FN3O. The van der Waals surface area contributed by atoms with Crippen LogP contribution in [0.2, 0.25) is 0 Å². The van der Waals surface area contributed by atoms with Crippen molar-refractivity contribution in [1.29, 1.82) is 5.26 Å². The van der Waals surface area contributed by atoms with E-state index in [-0.39, 0.29) is 23.4 Å². The molecule has 0 amide bonds. The number of nitrogens with zero attached hydrogens (tertiary/aromatic N) is 3. The van der Waals surface area contributed by atoms with Crippen LogP contribution in [-0.4, -0.2) is 15.3 Å². The summed E-state index contributed by atoms with van der Waals surface area (Å²) in [5.41, 5.74) is 2.20. The molecule has 0 aliphatic heterocycles. The second-order valence-electron chi connectivity index (χ2n) is 6.45. The van der Waals surface area contributed by atoms with Gasteiger partial charge in [0, 0.05) is 13.0 Å². The van der Waals surface area contributed by atoms with Crippen LogP contribution in [0.3, 0.4) is 0 Å². The molecule has 4 rings (SSSR count). The summed E-state index contributed by atoms with van der Waals surface area (Å²) in [7, 11) is 1.81. The standard InChI is InChI=1S/C20H16FN3O/c1-24-18-9-5-4-8-17(18)23-20(24)15(11-22)19(25)14-10-13(14)12-6-2-3-7-16(12)21/h2-9,13-15H,10H2,1H3. The number of benzene rings is 2. The topological polar surface area (TPSA) is 58.7 Å². The lowest BCUT2D eigenvalue weighted by molar-refractivity contribution is -0.120. The van der Waals surface area contributed by atoms with Gasteiger partial charge in [-0.15, -0.1) is 0 Å². The highest BCUT2D eigenvalue weighted by Gasteiger charge is 2.48. The third kappa shape index (κ3) is 2.51. The Hall–Kier alpha value is -3.00. The average Bonchev–Trinajstić information content (AvgIpc) is 3.35. The van der Waals surface area contributed by atoms with Gasteiger partial charge >= 0.3 is 0 Å². The van der Waals surface area contributed by atoms with Gasteiger partial charge in [0.15, 0.2) is 11.7 Å². The Bertz CT molecular complexity index is 1020. The van der Waals surface area contributed by atoms with Gasteiger partial charge in [-0.05, 0) is 36.1 Å². The Kier molecular flexibility index (Phi) is 3.61. The zero-order valence-electron chi connectivity index (χ0n) is 13.7. The zero-order valence-corrected chi connectivity index (χ0v) is 13.7.